The summed E-state index contributed by atoms with van der Waals surface area (Å²) >= 11 is 0. The number of rotatable bonds is 3. The predicted octanol–water partition coefficient (Wildman–Crippen LogP) is 1.92. The minimum absolute atomic E-state index is 0.119. The second-order valence-electron chi connectivity index (χ2n) is 3.67. The Kier molecular flexibility index (Phi) is 4.05. The van der Waals surface area contributed by atoms with Crippen LogP contribution in [0.2, 0.25) is 0 Å². The van der Waals surface area contributed by atoms with Crippen molar-refractivity contribution in [3.05, 3.63) is 23.8 Å². The molecule has 1 aromatic rings. The zero-order chi connectivity index (χ0) is 13.9. The van der Waals surface area contributed by atoms with Crippen LogP contribution < -0.4 is 4.74 Å². The highest BCUT2D eigenvalue weighted by Gasteiger charge is 2.41. The lowest BCUT2D eigenvalue weighted by atomic mass is 10.2. The first-order valence-corrected chi connectivity index (χ1v) is 4.94. The van der Waals surface area contributed by atoms with Crippen molar-refractivity contribution in [1.82, 2.24) is 4.90 Å². The summed E-state index contributed by atoms with van der Waals surface area (Å²) in [5.74, 6) is -1.90. The van der Waals surface area contributed by atoms with Crippen LogP contribution in [0, 0.1) is 0 Å². The second-order valence-corrected chi connectivity index (χ2v) is 3.67. The average molecular weight is 263 g/mol. The number of carbonyl (C=O) groups is 1. The molecule has 0 atom stereocenters. The van der Waals surface area contributed by atoms with E-state index in [-0.39, 0.29) is 18.0 Å². The number of ether oxygens (including phenoxy) is 1. The van der Waals surface area contributed by atoms with Crippen LogP contribution in [-0.4, -0.2) is 36.2 Å². The van der Waals surface area contributed by atoms with Crippen LogP contribution in [0.3, 0.4) is 0 Å². The van der Waals surface area contributed by atoms with Gasteiger partial charge in [0.2, 0.25) is 0 Å². The molecule has 0 fully saturated rings. The molecule has 1 N–H and O–H groups in total. The molecule has 1 aromatic carbocycles. The summed E-state index contributed by atoms with van der Waals surface area (Å²) in [5, 5.41) is 9.32. The van der Waals surface area contributed by atoms with E-state index in [9.17, 15) is 23.1 Å². The lowest BCUT2D eigenvalue weighted by molar-refractivity contribution is -0.184. The summed E-state index contributed by atoms with van der Waals surface area (Å²) in [5.41, 5.74) is 0.421. The van der Waals surface area contributed by atoms with Gasteiger partial charge in [-0.1, -0.05) is 6.07 Å². The molecule has 18 heavy (non-hydrogen) atoms. The molecule has 0 aliphatic carbocycles. The Morgan fingerprint density at radius 2 is 2.06 bits per heavy atom. The van der Waals surface area contributed by atoms with Gasteiger partial charge in [0.1, 0.15) is 0 Å². The average Bonchev–Trinajstić information content (AvgIpc) is 2.29. The Bertz CT molecular complexity index is 446. The largest absolute Gasteiger partial charge is 0.504 e. The standard InChI is InChI=1S/C11H12F3NO3/c1-15(10(17)11(12,13)14)6-7-3-4-8(16)9(5-7)18-2/h3-5,16H,6H2,1-2H3. The molecule has 0 unspecified atom stereocenters. The number of nitrogens with zero attached hydrogens (tertiary/aromatic N) is 1. The highest BCUT2D eigenvalue weighted by atomic mass is 19.4. The monoisotopic (exact) mass is 263 g/mol. The van der Waals surface area contributed by atoms with Crippen LogP contribution in [0.5, 0.6) is 11.5 Å². The lowest BCUT2D eigenvalue weighted by Crippen LogP contribution is -2.37. The van der Waals surface area contributed by atoms with Gasteiger partial charge in [-0.2, -0.15) is 13.2 Å². The fourth-order valence-corrected chi connectivity index (χ4v) is 1.38. The molecule has 0 saturated heterocycles. The number of aromatic hydroxyl groups is 1. The number of phenolic OH excluding ortho intramolecular Hbond substituents is 1. The van der Waals surface area contributed by atoms with Crippen molar-refractivity contribution in [2.45, 2.75) is 12.7 Å². The molecule has 4 nitrogen and oxygen atoms in total. The maximum atomic E-state index is 12.2. The normalized spacial score (nSPS) is 11.2. The molecular formula is C11H12F3NO3. The van der Waals surface area contributed by atoms with Crippen LogP contribution >= 0.6 is 0 Å². The predicted molar refractivity (Wildman–Crippen MR) is 57.2 cm³/mol. The van der Waals surface area contributed by atoms with Crippen molar-refractivity contribution in [1.29, 1.82) is 0 Å². The molecule has 100 valence electrons. The van der Waals surface area contributed by atoms with E-state index in [4.69, 9.17) is 4.74 Å². The number of hydrogen-bond acceptors (Lipinski definition) is 3. The van der Waals surface area contributed by atoms with Crippen molar-refractivity contribution >= 4 is 5.91 Å². The van der Waals surface area contributed by atoms with Crippen LogP contribution in [0.1, 0.15) is 5.56 Å². The minimum Gasteiger partial charge on any atom is -0.504 e. The van der Waals surface area contributed by atoms with E-state index in [0.29, 0.717) is 10.5 Å². The van der Waals surface area contributed by atoms with E-state index in [1.807, 2.05) is 0 Å². The molecule has 0 aromatic heterocycles. The number of phenols is 1. The van der Waals surface area contributed by atoms with E-state index in [2.05, 4.69) is 0 Å². The van der Waals surface area contributed by atoms with Gasteiger partial charge in [0.05, 0.1) is 7.11 Å². The summed E-state index contributed by atoms with van der Waals surface area (Å²) < 4.78 is 41.3. The topological polar surface area (TPSA) is 49.8 Å². The third-order valence-corrected chi connectivity index (χ3v) is 2.25. The third-order valence-electron chi connectivity index (χ3n) is 2.25. The van der Waals surface area contributed by atoms with Gasteiger partial charge in [-0.15, -0.1) is 0 Å². The highest BCUT2D eigenvalue weighted by Crippen LogP contribution is 2.27. The summed E-state index contributed by atoms with van der Waals surface area (Å²) in [4.78, 5) is 11.5. The molecular weight excluding hydrogens is 251 g/mol. The fourth-order valence-electron chi connectivity index (χ4n) is 1.38. The van der Waals surface area contributed by atoms with Gasteiger partial charge in [-0.3, -0.25) is 4.79 Å². The Labute approximate surface area is 102 Å². The van der Waals surface area contributed by atoms with E-state index >= 15 is 0 Å². The van der Waals surface area contributed by atoms with E-state index in [1.165, 1.54) is 25.3 Å². The molecule has 0 saturated carbocycles. The molecule has 7 heteroatoms. The maximum Gasteiger partial charge on any atom is 0.471 e. The Morgan fingerprint density at radius 1 is 1.44 bits per heavy atom. The molecule has 0 aliphatic rings. The number of halogens is 3. The van der Waals surface area contributed by atoms with Gasteiger partial charge in [0.15, 0.2) is 11.5 Å². The molecule has 1 rings (SSSR count). The van der Waals surface area contributed by atoms with Gasteiger partial charge >= 0.3 is 12.1 Å². The second kappa shape index (κ2) is 5.16. The minimum atomic E-state index is -4.89. The van der Waals surface area contributed by atoms with Crippen molar-refractivity contribution in [2.75, 3.05) is 14.2 Å². The van der Waals surface area contributed by atoms with Crippen LogP contribution in [0.4, 0.5) is 13.2 Å². The Hall–Kier alpha value is -1.92. The quantitative estimate of drug-likeness (QED) is 0.906. The molecule has 0 spiro atoms. The number of benzene rings is 1. The first kappa shape index (κ1) is 14.1. The van der Waals surface area contributed by atoms with Gasteiger partial charge < -0.3 is 14.7 Å². The first-order chi connectivity index (χ1) is 8.25. The number of amides is 1. The zero-order valence-corrected chi connectivity index (χ0v) is 9.78. The smallest absolute Gasteiger partial charge is 0.471 e. The fraction of sp³-hybridized carbons (Fsp3) is 0.364. The van der Waals surface area contributed by atoms with E-state index in [1.54, 1.807) is 0 Å². The van der Waals surface area contributed by atoms with Gasteiger partial charge in [-0.25, -0.2) is 0 Å². The van der Waals surface area contributed by atoms with Crippen LogP contribution in [0.15, 0.2) is 18.2 Å². The van der Waals surface area contributed by atoms with Gasteiger partial charge in [0, 0.05) is 13.6 Å². The van der Waals surface area contributed by atoms with Crippen molar-refractivity contribution in [3.8, 4) is 11.5 Å². The van der Waals surface area contributed by atoms with Crippen molar-refractivity contribution < 1.29 is 27.8 Å². The summed E-state index contributed by atoms with van der Waals surface area (Å²) in [7, 11) is 2.37. The third kappa shape index (κ3) is 3.28. The number of alkyl halides is 3. The highest BCUT2D eigenvalue weighted by molar-refractivity contribution is 5.81. The van der Waals surface area contributed by atoms with Crippen molar-refractivity contribution in [2.24, 2.45) is 0 Å². The molecule has 0 bridgehead atoms. The van der Waals surface area contributed by atoms with Crippen LogP contribution in [-0.2, 0) is 11.3 Å². The first-order valence-electron chi connectivity index (χ1n) is 4.94. The molecule has 0 aliphatic heterocycles. The zero-order valence-electron chi connectivity index (χ0n) is 9.78. The number of hydrogen-bond donors (Lipinski definition) is 1. The maximum absolute atomic E-state index is 12.2. The number of methoxy groups -OCH3 is 1. The Morgan fingerprint density at radius 3 is 2.56 bits per heavy atom. The molecule has 1 amide bonds. The van der Waals surface area contributed by atoms with Gasteiger partial charge in [0.25, 0.3) is 0 Å². The summed E-state index contributed by atoms with van der Waals surface area (Å²) in [6.07, 6.45) is -4.89. The molecule has 0 heterocycles. The summed E-state index contributed by atoms with van der Waals surface area (Å²) in [6.45, 7) is -0.227. The van der Waals surface area contributed by atoms with Gasteiger partial charge in [-0.05, 0) is 17.7 Å². The van der Waals surface area contributed by atoms with Crippen LogP contribution in [0.25, 0.3) is 0 Å². The van der Waals surface area contributed by atoms with E-state index in [0.717, 1.165) is 7.05 Å². The van der Waals surface area contributed by atoms with E-state index < -0.39 is 12.1 Å². The number of carbonyl (C=O) groups excluding carboxylic acids is 1. The van der Waals surface area contributed by atoms with Crippen molar-refractivity contribution in [3.63, 3.8) is 0 Å². The lowest BCUT2D eigenvalue weighted by Gasteiger charge is -2.19. The SMILES string of the molecule is COc1cc(CN(C)C(=O)C(F)(F)F)ccc1O. The molecule has 0 radical (unpaired) electrons. The summed E-state index contributed by atoms with van der Waals surface area (Å²) in [6, 6.07) is 4.08. The Balaban J connectivity index is 2.82.